The lowest BCUT2D eigenvalue weighted by Crippen LogP contribution is -2.27. The molecule has 0 aliphatic carbocycles. The fourth-order valence-electron chi connectivity index (χ4n) is 2.91. The molecular weight excluding hydrogens is 404 g/mol. The van der Waals surface area contributed by atoms with Gasteiger partial charge in [-0.2, -0.15) is 0 Å². The van der Waals surface area contributed by atoms with Crippen LogP contribution < -0.4 is 9.62 Å². The van der Waals surface area contributed by atoms with Crippen LogP contribution in [0.2, 0.25) is 0 Å². The van der Waals surface area contributed by atoms with Gasteiger partial charge in [0.2, 0.25) is 0 Å². The summed E-state index contributed by atoms with van der Waals surface area (Å²) in [5.41, 5.74) is 3.27. The minimum Gasteiger partial charge on any atom is -0.346 e. The minimum atomic E-state index is -3.59. The smallest absolute Gasteiger partial charge is 0.273 e. The fraction of sp³-hybridized carbons (Fsp3) is 0.227. The second-order valence-corrected chi connectivity index (χ2v) is 9.89. The van der Waals surface area contributed by atoms with Gasteiger partial charge >= 0.3 is 0 Å². The number of nitrogens with zero attached hydrogens (tertiary/aromatic N) is 1. The van der Waals surface area contributed by atoms with Crippen LogP contribution in [0.4, 0.5) is 5.69 Å². The first-order valence-corrected chi connectivity index (χ1v) is 11.7. The van der Waals surface area contributed by atoms with Gasteiger partial charge in [0.25, 0.3) is 15.9 Å². The average molecular weight is 429 g/mol. The van der Waals surface area contributed by atoms with Crippen LogP contribution in [0.3, 0.4) is 0 Å². The highest BCUT2D eigenvalue weighted by Crippen LogP contribution is 2.25. The molecule has 0 spiro atoms. The van der Waals surface area contributed by atoms with Crippen LogP contribution in [0, 0.1) is 0 Å². The Labute approximate surface area is 176 Å². The average Bonchev–Trinajstić information content (AvgIpc) is 3.29. The third-order valence-corrected chi connectivity index (χ3v) is 8.00. The predicted octanol–water partition coefficient (Wildman–Crippen LogP) is 4.63. The molecule has 0 saturated carbocycles. The Morgan fingerprint density at radius 3 is 2.28 bits per heavy atom. The van der Waals surface area contributed by atoms with E-state index in [1.165, 1.54) is 28.3 Å². The van der Waals surface area contributed by atoms with Gasteiger partial charge in [-0.25, -0.2) is 8.42 Å². The molecule has 1 heterocycles. The number of benzene rings is 2. The summed E-state index contributed by atoms with van der Waals surface area (Å²) in [7, 11) is -2.09. The highest BCUT2D eigenvalue weighted by molar-refractivity contribution is 7.94. The van der Waals surface area contributed by atoms with Gasteiger partial charge in [0.05, 0.1) is 11.7 Å². The van der Waals surface area contributed by atoms with E-state index in [4.69, 9.17) is 0 Å². The number of sulfonamides is 1. The van der Waals surface area contributed by atoms with E-state index in [0.29, 0.717) is 11.3 Å². The second kappa shape index (κ2) is 8.80. The van der Waals surface area contributed by atoms with Gasteiger partial charge in [-0.05, 0) is 60.2 Å². The van der Waals surface area contributed by atoms with Gasteiger partial charge < -0.3 is 5.32 Å². The maximum absolute atomic E-state index is 12.6. The van der Waals surface area contributed by atoms with Crippen molar-refractivity contribution in [1.29, 1.82) is 0 Å². The topological polar surface area (TPSA) is 66.5 Å². The molecule has 2 aromatic carbocycles. The Morgan fingerprint density at radius 2 is 1.72 bits per heavy atom. The van der Waals surface area contributed by atoms with E-state index in [0.717, 1.165) is 12.0 Å². The SMILES string of the molecule is CCc1ccc(C(C)NC(=O)c2ccc(N(C)S(=O)(=O)c3cccs3)cc2)cc1. The first-order chi connectivity index (χ1) is 13.8. The van der Waals surface area contributed by atoms with Crippen LogP contribution in [-0.4, -0.2) is 21.4 Å². The van der Waals surface area contributed by atoms with Gasteiger partial charge in [0.1, 0.15) is 4.21 Å². The number of hydrogen-bond acceptors (Lipinski definition) is 4. The van der Waals surface area contributed by atoms with Gasteiger partial charge in [-0.1, -0.05) is 37.3 Å². The molecule has 1 N–H and O–H groups in total. The molecule has 1 aromatic heterocycles. The number of carbonyl (C=O) groups is 1. The largest absolute Gasteiger partial charge is 0.346 e. The molecule has 0 bridgehead atoms. The third kappa shape index (κ3) is 4.68. The summed E-state index contributed by atoms with van der Waals surface area (Å²) in [4.78, 5) is 12.6. The lowest BCUT2D eigenvalue weighted by molar-refractivity contribution is 0.0940. The summed E-state index contributed by atoms with van der Waals surface area (Å²) in [6.45, 7) is 4.04. The Bertz CT molecular complexity index is 1060. The number of carbonyl (C=O) groups excluding carboxylic acids is 1. The number of amides is 1. The third-order valence-electron chi connectivity index (χ3n) is 4.84. The molecule has 7 heteroatoms. The zero-order valence-corrected chi connectivity index (χ0v) is 18.3. The molecular formula is C22H24N2O3S2. The standard InChI is InChI=1S/C22H24N2O3S2/c1-4-17-7-9-18(10-8-17)16(2)23-22(25)19-11-13-20(14-12-19)24(3)29(26,27)21-6-5-15-28-21/h5-16H,4H2,1-3H3,(H,23,25). The van der Waals surface area contributed by atoms with Gasteiger partial charge in [0, 0.05) is 12.6 Å². The molecule has 1 atom stereocenters. The summed E-state index contributed by atoms with van der Waals surface area (Å²) in [6, 6.07) is 17.9. The zero-order chi connectivity index (χ0) is 21.0. The van der Waals surface area contributed by atoms with Crippen molar-refractivity contribution in [1.82, 2.24) is 5.32 Å². The highest BCUT2D eigenvalue weighted by Gasteiger charge is 2.22. The number of rotatable bonds is 7. The number of thiophene rings is 1. The van der Waals surface area contributed by atoms with E-state index >= 15 is 0 Å². The van der Waals surface area contributed by atoms with E-state index in [2.05, 4.69) is 24.4 Å². The number of anilines is 1. The highest BCUT2D eigenvalue weighted by atomic mass is 32.2. The van der Waals surface area contributed by atoms with Crippen molar-refractivity contribution in [2.75, 3.05) is 11.4 Å². The normalized spacial score (nSPS) is 12.4. The minimum absolute atomic E-state index is 0.130. The van der Waals surface area contributed by atoms with Crippen molar-refractivity contribution in [2.45, 2.75) is 30.5 Å². The Morgan fingerprint density at radius 1 is 1.07 bits per heavy atom. The number of nitrogens with one attached hydrogen (secondary N) is 1. The molecule has 0 aliphatic heterocycles. The molecule has 5 nitrogen and oxygen atoms in total. The van der Waals surface area contributed by atoms with Crippen LogP contribution >= 0.6 is 11.3 Å². The van der Waals surface area contributed by atoms with Gasteiger partial charge in [-0.3, -0.25) is 9.10 Å². The summed E-state index contributed by atoms with van der Waals surface area (Å²) >= 11 is 1.17. The van der Waals surface area contributed by atoms with Crippen molar-refractivity contribution in [3.63, 3.8) is 0 Å². The van der Waals surface area contributed by atoms with Crippen LogP contribution in [0.15, 0.2) is 70.3 Å². The van der Waals surface area contributed by atoms with E-state index in [1.807, 2.05) is 19.1 Å². The predicted molar refractivity (Wildman–Crippen MR) is 118 cm³/mol. The van der Waals surface area contributed by atoms with Crippen molar-refractivity contribution >= 4 is 33.0 Å². The molecule has 0 saturated heterocycles. The summed E-state index contributed by atoms with van der Waals surface area (Å²) in [5, 5.41) is 4.71. The molecule has 1 unspecified atom stereocenters. The van der Waals surface area contributed by atoms with E-state index in [-0.39, 0.29) is 16.2 Å². The van der Waals surface area contributed by atoms with Crippen LogP contribution in [-0.2, 0) is 16.4 Å². The molecule has 3 rings (SSSR count). The monoisotopic (exact) mass is 428 g/mol. The Kier molecular flexibility index (Phi) is 6.39. The molecule has 0 aliphatic rings. The molecule has 1 amide bonds. The van der Waals surface area contributed by atoms with Crippen molar-refractivity contribution in [2.24, 2.45) is 0 Å². The Balaban J connectivity index is 1.69. The maximum atomic E-state index is 12.6. The van der Waals surface area contributed by atoms with E-state index < -0.39 is 10.0 Å². The molecule has 29 heavy (non-hydrogen) atoms. The van der Waals surface area contributed by atoms with E-state index in [9.17, 15) is 13.2 Å². The van der Waals surface area contributed by atoms with Crippen LogP contribution in [0.25, 0.3) is 0 Å². The van der Waals surface area contributed by atoms with E-state index in [1.54, 1.807) is 41.8 Å². The summed E-state index contributed by atoms with van der Waals surface area (Å²) in [5.74, 6) is -0.201. The maximum Gasteiger partial charge on any atom is 0.273 e. The fourth-order valence-corrected chi connectivity index (χ4v) is 5.27. The van der Waals surface area contributed by atoms with Crippen LogP contribution in [0.5, 0.6) is 0 Å². The summed E-state index contributed by atoms with van der Waals surface area (Å²) < 4.78 is 26.7. The zero-order valence-electron chi connectivity index (χ0n) is 16.6. The summed E-state index contributed by atoms with van der Waals surface area (Å²) in [6.07, 6.45) is 0.976. The number of hydrogen-bond donors (Lipinski definition) is 1. The number of aryl methyl sites for hydroxylation is 1. The quantitative estimate of drug-likeness (QED) is 0.597. The van der Waals surface area contributed by atoms with Crippen molar-refractivity contribution < 1.29 is 13.2 Å². The molecule has 152 valence electrons. The lowest BCUT2D eigenvalue weighted by Gasteiger charge is -2.19. The molecule has 0 fully saturated rings. The second-order valence-electron chi connectivity index (χ2n) is 6.74. The van der Waals surface area contributed by atoms with Crippen LogP contribution in [0.1, 0.15) is 41.4 Å². The van der Waals surface area contributed by atoms with Gasteiger partial charge in [-0.15, -0.1) is 11.3 Å². The Hall–Kier alpha value is -2.64. The van der Waals surface area contributed by atoms with Crippen molar-refractivity contribution in [3.05, 3.63) is 82.7 Å². The first-order valence-electron chi connectivity index (χ1n) is 9.35. The van der Waals surface area contributed by atoms with Crippen molar-refractivity contribution in [3.8, 4) is 0 Å². The van der Waals surface area contributed by atoms with Gasteiger partial charge in [0.15, 0.2) is 0 Å². The molecule has 3 aromatic rings. The lowest BCUT2D eigenvalue weighted by atomic mass is 10.0. The molecule has 0 radical (unpaired) electrons. The first kappa shape index (κ1) is 21.1.